The van der Waals surface area contributed by atoms with Crippen LogP contribution in [-0.2, 0) is 16.1 Å². The lowest BCUT2D eigenvalue weighted by Crippen LogP contribution is -2.44. The molecular formula is C13H15NO4. The summed E-state index contributed by atoms with van der Waals surface area (Å²) in [7, 11) is 0. The zero-order valence-corrected chi connectivity index (χ0v) is 10.1. The maximum atomic E-state index is 11.5. The molecule has 0 radical (unpaired) electrons. The molecule has 1 aromatic carbocycles. The minimum Gasteiger partial charge on any atom is -0.479 e. The Balaban J connectivity index is 1.85. The van der Waals surface area contributed by atoms with Crippen molar-refractivity contribution in [2.75, 3.05) is 0 Å². The minimum absolute atomic E-state index is 0.0562. The SMILES string of the molecule is C[C@H]1C[C@]1(NC(=O)OCc1ccccc1)C(=O)O. The Kier molecular flexibility index (Phi) is 3.23. The molecule has 0 unspecified atom stereocenters. The van der Waals surface area contributed by atoms with Gasteiger partial charge in [-0.1, -0.05) is 37.3 Å². The second kappa shape index (κ2) is 4.68. The molecule has 2 N–H and O–H groups in total. The maximum absolute atomic E-state index is 11.5. The number of carboxylic acids is 1. The van der Waals surface area contributed by atoms with Gasteiger partial charge in [-0.25, -0.2) is 9.59 Å². The molecular weight excluding hydrogens is 234 g/mol. The van der Waals surface area contributed by atoms with Gasteiger partial charge in [0.25, 0.3) is 0 Å². The monoisotopic (exact) mass is 249 g/mol. The highest BCUT2D eigenvalue weighted by Crippen LogP contribution is 2.43. The van der Waals surface area contributed by atoms with E-state index in [2.05, 4.69) is 5.32 Å². The summed E-state index contributed by atoms with van der Waals surface area (Å²) in [5.74, 6) is -1.06. The van der Waals surface area contributed by atoms with Crippen LogP contribution < -0.4 is 5.32 Å². The maximum Gasteiger partial charge on any atom is 0.408 e. The third kappa shape index (κ3) is 2.45. The average Bonchev–Trinajstić information content (AvgIpc) is 3.00. The summed E-state index contributed by atoms with van der Waals surface area (Å²) in [5.41, 5.74) is -0.269. The topological polar surface area (TPSA) is 75.6 Å². The fourth-order valence-corrected chi connectivity index (χ4v) is 1.89. The molecule has 5 heteroatoms. The highest BCUT2D eigenvalue weighted by atomic mass is 16.5. The van der Waals surface area contributed by atoms with Gasteiger partial charge in [-0.2, -0.15) is 0 Å². The largest absolute Gasteiger partial charge is 0.479 e. The highest BCUT2D eigenvalue weighted by molar-refractivity contribution is 5.88. The quantitative estimate of drug-likeness (QED) is 0.852. The van der Waals surface area contributed by atoms with E-state index < -0.39 is 17.6 Å². The molecule has 1 aliphatic carbocycles. The first-order chi connectivity index (χ1) is 8.54. The number of alkyl carbamates (subject to hydrolysis) is 1. The molecule has 0 bridgehead atoms. The first kappa shape index (κ1) is 12.4. The number of nitrogens with one attached hydrogen (secondary N) is 1. The lowest BCUT2D eigenvalue weighted by Gasteiger charge is -2.13. The summed E-state index contributed by atoms with van der Waals surface area (Å²) >= 11 is 0. The van der Waals surface area contributed by atoms with Gasteiger partial charge >= 0.3 is 12.1 Å². The standard InChI is InChI=1S/C13H15NO4/c1-9-7-13(9,11(15)16)14-12(17)18-8-10-5-3-2-4-6-10/h2-6,9H,7-8H2,1H3,(H,14,17)(H,15,16)/t9-,13+/m0/s1. The van der Waals surface area contributed by atoms with Gasteiger partial charge in [0.15, 0.2) is 0 Å². The van der Waals surface area contributed by atoms with Gasteiger partial charge < -0.3 is 15.2 Å². The van der Waals surface area contributed by atoms with E-state index in [9.17, 15) is 9.59 Å². The molecule has 5 nitrogen and oxygen atoms in total. The summed E-state index contributed by atoms with van der Waals surface area (Å²) in [6.45, 7) is 1.92. The van der Waals surface area contributed by atoms with Crippen molar-refractivity contribution in [3.8, 4) is 0 Å². The van der Waals surface area contributed by atoms with E-state index in [1.54, 1.807) is 6.92 Å². The number of carbonyl (C=O) groups excluding carboxylic acids is 1. The minimum atomic E-state index is -1.13. The molecule has 1 saturated carbocycles. The highest BCUT2D eigenvalue weighted by Gasteiger charge is 2.59. The van der Waals surface area contributed by atoms with Crippen LogP contribution >= 0.6 is 0 Å². The number of benzene rings is 1. The normalized spacial score (nSPS) is 25.3. The Morgan fingerprint density at radius 3 is 2.56 bits per heavy atom. The molecule has 2 rings (SSSR count). The second-order valence-electron chi connectivity index (χ2n) is 4.57. The van der Waals surface area contributed by atoms with Crippen molar-refractivity contribution < 1.29 is 19.4 Å². The van der Waals surface area contributed by atoms with Gasteiger partial charge in [-0.3, -0.25) is 0 Å². The van der Waals surface area contributed by atoms with Gasteiger partial charge in [0.2, 0.25) is 0 Å². The Morgan fingerprint density at radius 2 is 2.06 bits per heavy atom. The zero-order valence-electron chi connectivity index (χ0n) is 10.1. The molecule has 1 aliphatic rings. The molecule has 18 heavy (non-hydrogen) atoms. The van der Waals surface area contributed by atoms with Gasteiger partial charge in [0.05, 0.1) is 0 Å². The van der Waals surface area contributed by atoms with E-state index >= 15 is 0 Å². The lowest BCUT2D eigenvalue weighted by atomic mass is 10.2. The van der Waals surface area contributed by atoms with Crippen molar-refractivity contribution in [1.29, 1.82) is 0 Å². The smallest absolute Gasteiger partial charge is 0.408 e. The van der Waals surface area contributed by atoms with Crippen molar-refractivity contribution in [3.05, 3.63) is 35.9 Å². The first-order valence-corrected chi connectivity index (χ1v) is 5.77. The fourth-order valence-electron chi connectivity index (χ4n) is 1.89. The van der Waals surface area contributed by atoms with Crippen molar-refractivity contribution in [1.82, 2.24) is 5.32 Å². The average molecular weight is 249 g/mol. The van der Waals surface area contributed by atoms with Gasteiger partial charge in [-0.05, 0) is 17.9 Å². The molecule has 0 saturated heterocycles. The fraction of sp³-hybridized carbons (Fsp3) is 0.385. The van der Waals surface area contributed by atoms with Crippen LogP contribution in [0.3, 0.4) is 0 Å². The number of carboxylic acid groups (broad SMARTS) is 1. The van der Waals surface area contributed by atoms with E-state index in [-0.39, 0.29) is 12.5 Å². The van der Waals surface area contributed by atoms with Crippen molar-refractivity contribution in [3.63, 3.8) is 0 Å². The molecule has 0 aliphatic heterocycles. The van der Waals surface area contributed by atoms with Crippen LogP contribution in [0.1, 0.15) is 18.9 Å². The second-order valence-corrected chi connectivity index (χ2v) is 4.57. The summed E-state index contributed by atoms with van der Waals surface area (Å²) in [4.78, 5) is 22.6. The molecule has 1 amide bonds. The van der Waals surface area contributed by atoms with Gasteiger partial charge in [0, 0.05) is 0 Å². The number of amides is 1. The number of hydrogen-bond donors (Lipinski definition) is 2. The van der Waals surface area contributed by atoms with E-state index in [0.717, 1.165) is 5.56 Å². The van der Waals surface area contributed by atoms with Crippen LogP contribution in [0.25, 0.3) is 0 Å². The third-order valence-electron chi connectivity index (χ3n) is 3.23. The van der Waals surface area contributed by atoms with Crippen LogP contribution in [0.2, 0.25) is 0 Å². The van der Waals surface area contributed by atoms with E-state index in [1.807, 2.05) is 30.3 Å². The van der Waals surface area contributed by atoms with E-state index in [1.165, 1.54) is 0 Å². The zero-order chi connectivity index (χ0) is 13.2. The first-order valence-electron chi connectivity index (χ1n) is 5.77. The van der Waals surface area contributed by atoms with Gasteiger partial charge in [-0.15, -0.1) is 0 Å². The third-order valence-corrected chi connectivity index (χ3v) is 3.23. The number of carbonyl (C=O) groups is 2. The van der Waals surface area contributed by atoms with Crippen molar-refractivity contribution in [2.45, 2.75) is 25.5 Å². The predicted molar refractivity (Wildman–Crippen MR) is 63.9 cm³/mol. The predicted octanol–water partition coefficient (Wildman–Crippen LogP) is 1.78. The molecule has 2 atom stereocenters. The number of aliphatic carboxylic acids is 1. The van der Waals surface area contributed by atoms with Crippen molar-refractivity contribution in [2.24, 2.45) is 5.92 Å². The number of hydrogen-bond acceptors (Lipinski definition) is 3. The molecule has 0 aromatic heterocycles. The summed E-state index contributed by atoms with van der Waals surface area (Å²) in [5, 5.41) is 11.5. The number of rotatable bonds is 4. The number of ether oxygens (including phenoxy) is 1. The van der Waals surface area contributed by atoms with Crippen molar-refractivity contribution >= 4 is 12.1 Å². The Bertz CT molecular complexity index is 459. The van der Waals surface area contributed by atoms with Crippen LogP contribution in [0.15, 0.2) is 30.3 Å². The van der Waals surface area contributed by atoms with E-state index in [0.29, 0.717) is 6.42 Å². The lowest BCUT2D eigenvalue weighted by molar-refractivity contribution is -0.141. The molecule has 96 valence electrons. The molecule has 1 aromatic rings. The Morgan fingerprint density at radius 1 is 1.44 bits per heavy atom. The Labute approximate surface area is 105 Å². The van der Waals surface area contributed by atoms with Gasteiger partial charge in [0.1, 0.15) is 12.1 Å². The summed E-state index contributed by atoms with van der Waals surface area (Å²) in [6.07, 6.45) is -0.242. The van der Waals surface area contributed by atoms with Crippen LogP contribution in [-0.4, -0.2) is 22.7 Å². The molecule has 0 spiro atoms. The van der Waals surface area contributed by atoms with Crippen LogP contribution in [0, 0.1) is 5.92 Å². The van der Waals surface area contributed by atoms with Crippen LogP contribution in [0.5, 0.6) is 0 Å². The Hall–Kier alpha value is -2.04. The summed E-state index contributed by atoms with van der Waals surface area (Å²) < 4.78 is 4.99. The molecule has 1 fully saturated rings. The van der Waals surface area contributed by atoms with Crippen LogP contribution in [0.4, 0.5) is 4.79 Å². The van der Waals surface area contributed by atoms with E-state index in [4.69, 9.17) is 9.84 Å². The molecule has 0 heterocycles. The summed E-state index contributed by atoms with van der Waals surface area (Å²) in [6, 6.07) is 9.23.